The van der Waals surface area contributed by atoms with E-state index in [1.54, 1.807) is 30.2 Å². The van der Waals surface area contributed by atoms with Gasteiger partial charge in [0.25, 0.3) is 0 Å². The lowest BCUT2D eigenvalue weighted by molar-refractivity contribution is -0.136. The molecule has 0 spiro atoms. The van der Waals surface area contributed by atoms with Gasteiger partial charge in [0.15, 0.2) is 0 Å². The Morgan fingerprint density at radius 3 is 2.48 bits per heavy atom. The third-order valence-electron chi connectivity index (χ3n) is 5.62. The van der Waals surface area contributed by atoms with Crippen LogP contribution < -0.4 is 14.5 Å². The van der Waals surface area contributed by atoms with Gasteiger partial charge in [-0.3, -0.25) is 9.59 Å². The average molecular weight is 414 g/mol. The van der Waals surface area contributed by atoms with E-state index in [1.165, 1.54) is 5.69 Å². The molecule has 2 saturated heterocycles. The molecule has 4 rings (SSSR count). The molecule has 0 aromatic heterocycles. The fourth-order valence-corrected chi connectivity index (χ4v) is 4.23. The predicted octanol–water partition coefficient (Wildman–Crippen LogP) is 3.05. The van der Waals surface area contributed by atoms with Crippen LogP contribution in [0.5, 0.6) is 5.75 Å². The van der Waals surface area contributed by atoms with Crippen molar-refractivity contribution in [2.45, 2.75) is 6.42 Å². The van der Waals surface area contributed by atoms with Crippen molar-refractivity contribution in [1.29, 1.82) is 0 Å². The summed E-state index contributed by atoms with van der Waals surface area (Å²) >= 11 is 6.11. The largest absolute Gasteiger partial charge is 0.495 e. The molecule has 1 atom stereocenters. The van der Waals surface area contributed by atoms with Crippen molar-refractivity contribution in [3.8, 4) is 5.75 Å². The van der Waals surface area contributed by atoms with Crippen LogP contribution in [0.2, 0.25) is 5.02 Å². The van der Waals surface area contributed by atoms with Crippen LogP contribution in [0.1, 0.15) is 6.42 Å². The van der Waals surface area contributed by atoms with Gasteiger partial charge in [-0.15, -0.1) is 0 Å². The van der Waals surface area contributed by atoms with Gasteiger partial charge in [0.1, 0.15) is 5.75 Å². The van der Waals surface area contributed by atoms with Gasteiger partial charge >= 0.3 is 0 Å². The molecule has 2 fully saturated rings. The molecule has 0 bridgehead atoms. The Labute approximate surface area is 175 Å². The van der Waals surface area contributed by atoms with E-state index in [0.29, 0.717) is 36.1 Å². The van der Waals surface area contributed by atoms with Crippen molar-refractivity contribution in [3.63, 3.8) is 0 Å². The molecule has 2 aromatic carbocycles. The fourth-order valence-electron chi connectivity index (χ4n) is 4.06. The Morgan fingerprint density at radius 1 is 1.07 bits per heavy atom. The Morgan fingerprint density at radius 2 is 1.79 bits per heavy atom. The number of ether oxygens (including phenoxy) is 1. The second-order valence-electron chi connectivity index (χ2n) is 7.37. The quantitative estimate of drug-likeness (QED) is 0.773. The number of piperazine rings is 1. The monoisotopic (exact) mass is 413 g/mol. The van der Waals surface area contributed by atoms with Crippen molar-refractivity contribution in [1.82, 2.24) is 4.90 Å². The number of rotatable bonds is 4. The summed E-state index contributed by atoms with van der Waals surface area (Å²) in [6, 6.07) is 15.4. The number of benzene rings is 2. The Kier molecular flexibility index (Phi) is 5.62. The maximum Gasteiger partial charge on any atom is 0.228 e. The van der Waals surface area contributed by atoms with Crippen LogP contribution in [-0.2, 0) is 9.59 Å². The predicted molar refractivity (Wildman–Crippen MR) is 114 cm³/mol. The highest BCUT2D eigenvalue weighted by atomic mass is 35.5. The summed E-state index contributed by atoms with van der Waals surface area (Å²) in [7, 11) is 1.56. The molecule has 2 aromatic rings. The van der Waals surface area contributed by atoms with Crippen LogP contribution in [-0.4, -0.2) is 56.5 Å². The van der Waals surface area contributed by atoms with Crippen LogP contribution in [0.3, 0.4) is 0 Å². The third kappa shape index (κ3) is 4.03. The zero-order chi connectivity index (χ0) is 20.4. The second-order valence-corrected chi connectivity index (χ2v) is 7.81. The Bertz CT molecular complexity index is 897. The number of hydrogen-bond acceptors (Lipinski definition) is 4. The van der Waals surface area contributed by atoms with Crippen molar-refractivity contribution < 1.29 is 14.3 Å². The minimum Gasteiger partial charge on any atom is -0.495 e. The minimum atomic E-state index is -0.338. The van der Waals surface area contributed by atoms with Gasteiger partial charge in [-0.2, -0.15) is 0 Å². The fraction of sp³-hybridized carbons (Fsp3) is 0.364. The summed E-state index contributed by atoms with van der Waals surface area (Å²) < 4.78 is 5.37. The third-order valence-corrected chi connectivity index (χ3v) is 5.85. The summed E-state index contributed by atoms with van der Waals surface area (Å²) in [5.74, 6) is 0.211. The molecular formula is C22H24ClN3O3. The highest BCUT2D eigenvalue weighted by Gasteiger charge is 2.38. The lowest BCUT2D eigenvalue weighted by Gasteiger charge is -2.37. The SMILES string of the molecule is COc1ccc(Cl)cc1N1C[C@@H](C(=O)N2CCN(c3ccccc3)CC2)CC1=O. The van der Waals surface area contributed by atoms with Gasteiger partial charge in [0.2, 0.25) is 11.8 Å². The molecule has 29 heavy (non-hydrogen) atoms. The maximum absolute atomic E-state index is 13.1. The molecule has 2 amide bonds. The molecule has 152 valence electrons. The van der Waals surface area contributed by atoms with Crippen molar-refractivity contribution >= 4 is 34.8 Å². The number of nitrogens with zero attached hydrogens (tertiary/aromatic N) is 3. The molecule has 7 heteroatoms. The number of halogens is 1. The van der Waals surface area contributed by atoms with E-state index in [4.69, 9.17) is 16.3 Å². The summed E-state index contributed by atoms with van der Waals surface area (Å²) in [5, 5.41) is 0.528. The van der Waals surface area contributed by atoms with Crippen LogP contribution in [0.25, 0.3) is 0 Å². The van der Waals surface area contributed by atoms with E-state index in [-0.39, 0.29) is 24.2 Å². The summed E-state index contributed by atoms with van der Waals surface area (Å²) in [6.45, 7) is 3.27. The number of methoxy groups -OCH3 is 1. The standard InChI is InChI=1S/C22H24ClN3O3/c1-29-20-8-7-17(23)14-19(20)26-15-16(13-21(26)27)22(28)25-11-9-24(10-12-25)18-5-3-2-4-6-18/h2-8,14,16H,9-13,15H2,1H3/t16-/m0/s1. The minimum absolute atomic E-state index is 0.0505. The first-order valence-corrected chi connectivity index (χ1v) is 10.2. The van der Waals surface area contributed by atoms with Gasteiger partial charge in [0, 0.05) is 49.9 Å². The molecule has 2 aliphatic heterocycles. The molecular weight excluding hydrogens is 390 g/mol. The van der Waals surface area contributed by atoms with E-state index in [9.17, 15) is 9.59 Å². The van der Waals surface area contributed by atoms with Crippen LogP contribution in [0.4, 0.5) is 11.4 Å². The first-order valence-electron chi connectivity index (χ1n) is 9.79. The number of amides is 2. The molecule has 0 aliphatic carbocycles. The molecule has 0 saturated carbocycles. The summed E-state index contributed by atoms with van der Waals surface area (Å²) in [4.78, 5) is 31.5. The number of anilines is 2. The first kappa shape index (κ1) is 19.6. The highest BCUT2D eigenvalue weighted by Crippen LogP contribution is 2.35. The molecule has 0 N–H and O–H groups in total. The van der Waals surface area contributed by atoms with E-state index in [1.807, 2.05) is 23.1 Å². The van der Waals surface area contributed by atoms with Gasteiger partial charge in [0.05, 0.1) is 18.7 Å². The van der Waals surface area contributed by atoms with Gasteiger partial charge < -0.3 is 19.4 Å². The number of carbonyl (C=O) groups is 2. The first-order chi connectivity index (χ1) is 14.1. The van der Waals surface area contributed by atoms with Crippen molar-refractivity contribution in [2.24, 2.45) is 5.92 Å². The zero-order valence-electron chi connectivity index (χ0n) is 16.4. The lowest BCUT2D eigenvalue weighted by Crippen LogP contribution is -2.50. The molecule has 0 radical (unpaired) electrons. The van der Waals surface area contributed by atoms with Gasteiger partial charge in [-0.05, 0) is 30.3 Å². The summed E-state index contributed by atoms with van der Waals surface area (Å²) in [6.07, 6.45) is 0.216. The van der Waals surface area contributed by atoms with E-state index in [2.05, 4.69) is 17.0 Å². The van der Waals surface area contributed by atoms with Crippen LogP contribution in [0, 0.1) is 5.92 Å². The maximum atomic E-state index is 13.1. The smallest absolute Gasteiger partial charge is 0.228 e. The van der Waals surface area contributed by atoms with E-state index < -0.39 is 0 Å². The average Bonchev–Trinajstić information content (AvgIpc) is 3.15. The van der Waals surface area contributed by atoms with E-state index in [0.717, 1.165) is 13.1 Å². The van der Waals surface area contributed by atoms with Crippen LogP contribution in [0.15, 0.2) is 48.5 Å². The number of carbonyl (C=O) groups excluding carboxylic acids is 2. The topological polar surface area (TPSA) is 53.1 Å². The lowest BCUT2D eigenvalue weighted by atomic mass is 10.1. The molecule has 2 aliphatic rings. The van der Waals surface area contributed by atoms with Gasteiger partial charge in [-0.1, -0.05) is 29.8 Å². The van der Waals surface area contributed by atoms with E-state index >= 15 is 0 Å². The van der Waals surface area contributed by atoms with Crippen molar-refractivity contribution in [3.05, 3.63) is 53.6 Å². The number of para-hydroxylation sites is 1. The second kappa shape index (κ2) is 8.33. The zero-order valence-corrected chi connectivity index (χ0v) is 17.1. The molecule has 6 nitrogen and oxygen atoms in total. The molecule has 0 unspecified atom stereocenters. The molecule has 2 heterocycles. The van der Waals surface area contributed by atoms with Gasteiger partial charge in [-0.25, -0.2) is 0 Å². The summed E-state index contributed by atoms with van der Waals surface area (Å²) in [5.41, 5.74) is 1.80. The van der Waals surface area contributed by atoms with Crippen molar-refractivity contribution in [2.75, 3.05) is 49.6 Å². The highest BCUT2D eigenvalue weighted by molar-refractivity contribution is 6.31. The normalized spacial score (nSPS) is 19.6. The Balaban J connectivity index is 1.41. The Hall–Kier alpha value is -2.73. The van der Waals surface area contributed by atoms with Crippen LogP contribution >= 0.6 is 11.6 Å². The number of hydrogen-bond donors (Lipinski definition) is 0.